The summed E-state index contributed by atoms with van der Waals surface area (Å²) in [5.74, 6) is 1.79. The molecule has 1 aliphatic rings. The molecule has 28 heavy (non-hydrogen) atoms. The fourth-order valence-corrected chi connectivity index (χ4v) is 4.05. The summed E-state index contributed by atoms with van der Waals surface area (Å²) >= 11 is 0. The van der Waals surface area contributed by atoms with E-state index in [0.717, 1.165) is 19.5 Å². The second-order valence-electron chi connectivity index (χ2n) is 8.19. The summed E-state index contributed by atoms with van der Waals surface area (Å²) in [4.78, 5) is 18.5. The average molecular weight is 407 g/mol. The van der Waals surface area contributed by atoms with E-state index in [0.29, 0.717) is 31.2 Å². The molecule has 1 aliphatic heterocycles. The first-order valence-electron chi connectivity index (χ1n) is 9.94. The Bertz CT molecular complexity index is 685. The molecular formula is C21H34N4O2S. The molecule has 2 rings (SSSR count). The molecule has 1 fully saturated rings. The van der Waals surface area contributed by atoms with Gasteiger partial charge in [-0.1, -0.05) is 30.3 Å². The number of aliphatic imine (C=N–C) groups is 1. The van der Waals surface area contributed by atoms with Crippen LogP contribution in [0, 0.1) is 5.92 Å². The van der Waals surface area contributed by atoms with Crippen molar-refractivity contribution in [1.29, 1.82) is 0 Å². The minimum absolute atomic E-state index is 0.202. The van der Waals surface area contributed by atoms with E-state index >= 15 is 0 Å². The zero-order chi connectivity index (χ0) is 20.6. The molecule has 0 saturated carbocycles. The van der Waals surface area contributed by atoms with Crippen LogP contribution < -0.4 is 10.6 Å². The lowest BCUT2D eigenvalue weighted by atomic mass is 10.1. The third-order valence-corrected chi connectivity index (χ3v) is 6.79. The van der Waals surface area contributed by atoms with Gasteiger partial charge < -0.3 is 15.5 Å². The number of rotatable bonds is 8. The summed E-state index contributed by atoms with van der Waals surface area (Å²) < 4.78 is 11.9. The quantitative estimate of drug-likeness (QED) is 0.510. The maximum absolute atomic E-state index is 12.3. The maximum Gasteiger partial charge on any atom is 0.223 e. The van der Waals surface area contributed by atoms with Crippen LogP contribution in [-0.2, 0) is 22.0 Å². The van der Waals surface area contributed by atoms with Gasteiger partial charge >= 0.3 is 0 Å². The fourth-order valence-electron chi connectivity index (χ4n) is 3.15. The van der Waals surface area contributed by atoms with E-state index in [9.17, 15) is 9.00 Å². The number of nitrogens with zero attached hydrogens (tertiary/aromatic N) is 2. The van der Waals surface area contributed by atoms with Crippen LogP contribution in [0.4, 0.5) is 0 Å². The second kappa shape index (κ2) is 10.6. The Morgan fingerprint density at radius 2 is 1.96 bits per heavy atom. The minimum atomic E-state index is -0.886. The van der Waals surface area contributed by atoms with E-state index in [1.165, 1.54) is 5.56 Å². The van der Waals surface area contributed by atoms with Crippen LogP contribution in [0.15, 0.2) is 35.3 Å². The van der Waals surface area contributed by atoms with Gasteiger partial charge in [0.25, 0.3) is 0 Å². The molecule has 156 valence electrons. The Hall–Kier alpha value is -1.89. The number of carbonyl (C=O) groups excluding carboxylic acids is 1. The summed E-state index contributed by atoms with van der Waals surface area (Å²) in [5, 5.41) is 6.51. The summed E-state index contributed by atoms with van der Waals surface area (Å²) in [6.07, 6.45) is 1.47. The predicted octanol–water partition coefficient (Wildman–Crippen LogP) is 1.79. The zero-order valence-electron chi connectivity index (χ0n) is 17.5. The predicted molar refractivity (Wildman–Crippen MR) is 117 cm³/mol. The van der Waals surface area contributed by atoms with E-state index in [1.54, 1.807) is 7.05 Å². The maximum atomic E-state index is 12.3. The highest BCUT2D eigenvalue weighted by atomic mass is 32.2. The van der Waals surface area contributed by atoms with Gasteiger partial charge in [-0.25, -0.2) is 0 Å². The lowest BCUT2D eigenvalue weighted by Crippen LogP contribution is -2.42. The summed E-state index contributed by atoms with van der Waals surface area (Å²) in [7, 11) is 0.838. The van der Waals surface area contributed by atoms with Crippen molar-refractivity contribution in [3.63, 3.8) is 0 Å². The van der Waals surface area contributed by atoms with Crippen molar-refractivity contribution in [2.24, 2.45) is 10.9 Å². The first-order valence-corrected chi connectivity index (χ1v) is 11.3. The molecule has 0 aromatic heterocycles. The molecule has 1 saturated heterocycles. The standard InChI is InChI=1S/C21H34N4O2S/c1-21(2,3)28(27)13-11-23-20(22-4)24-15-18-14-19(26)25(16-18)12-10-17-8-6-5-7-9-17/h5-9,18H,10-16H2,1-4H3,(H2,22,23,24). The largest absolute Gasteiger partial charge is 0.356 e. The van der Waals surface area contributed by atoms with E-state index in [-0.39, 0.29) is 16.6 Å². The third-order valence-electron chi connectivity index (χ3n) is 4.85. The molecule has 2 atom stereocenters. The molecule has 7 heteroatoms. The molecule has 1 heterocycles. The Morgan fingerprint density at radius 1 is 1.25 bits per heavy atom. The molecule has 2 unspecified atom stereocenters. The van der Waals surface area contributed by atoms with Gasteiger partial charge in [0.1, 0.15) is 0 Å². The number of hydrogen-bond donors (Lipinski definition) is 2. The molecule has 1 amide bonds. The van der Waals surface area contributed by atoms with Crippen LogP contribution in [0.2, 0.25) is 0 Å². The van der Waals surface area contributed by atoms with Gasteiger partial charge in [0.2, 0.25) is 5.91 Å². The first kappa shape index (κ1) is 22.4. The summed E-state index contributed by atoms with van der Waals surface area (Å²) in [5.41, 5.74) is 1.26. The SMILES string of the molecule is CN=C(NCCS(=O)C(C)(C)C)NCC1CC(=O)N(CCc2ccccc2)C1. The average Bonchev–Trinajstić information content (AvgIpc) is 3.02. The molecule has 1 aromatic carbocycles. The number of nitrogens with one attached hydrogen (secondary N) is 2. The number of benzene rings is 1. The van der Waals surface area contributed by atoms with Crippen LogP contribution in [0.25, 0.3) is 0 Å². The molecule has 0 bridgehead atoms. The highest BCUT2D eigenvalue weighted by Gasteiger charge is 2.29. The molecule has 0 radical (unpaired) electrons. The molecule has 2 N–H and O–H groups in total. The number of likely N-dealkylation sites (tertiary alicyclic amines) is 1. The van der Waals surface area contributed by atoms with E-state index in [4.69, 9.17) is 0 Å². The van der Waals surface area contributed by atoms with Crippen LogP contribution in [-0.4, -0.2) is 64.7 Å². The third kappa shape index (κ3) is 7.26. The van der Waals surface area contributed by atoms with Gasteiger partial charge in [0.15, 0.2) is 5.96 Å². The monoisotopic (exact) mass is 406 g/mol. The van der Waals surface area contributed by atoms with Crippen LogP contribution in [0.3, 0.4) is 0 Å². The smallest absolute Gasteiger partial charge is 0.223 e. The number of guanidine groups is 1. The van der Waals surface area contributed by atoms with Crippen LogP contribution in [0.1, 0.15) is 32.8 Å². The lowest BCUT2D eigenvalue weighted by Gasteiger charge is -2.19. The van der Waals surface area contributed by atoms with Gasteiger partial charge in [-0.15, -0.1) is 0 Å². The van der Waals surface area contributed by atoms with Gasteiger partial charge in [-0.3, -0.25) is 14.0 Å². The van der Waals surface area contributed by atoms with E-state index in [1.807, 2.05) is 43.9 Å². The highest BCUT2D eigenvalue weighted by molar-refractivity contribution is 7.86. The van der Waals surface area contributed by atoms with Gasteiger partial charge in [-0.2, -0.15) is 0 Å². The van der Waals surface area contributed by atoms with Gasteiger partial charge in [0, 0.05) is 66.9 Å². The Labute approximate surface area is 171 Å². The normalized spacial score (nSPS) is 19.0. The first-order chi connectivity index (χ1) is 13.3. The molecule has 0 aliphatic carbocycles. The number of hydrogen-bond acceptors (Lipinski definition) is 3. The minimum Gasteiger partial charge on any atom is -0.356 e. The fraction of sp³-hybridized carbons (Fsp3) is 0.619. The Balaban J connectivity index is 1.70. The lowest BCUT2D eigenvalue weighted by molar-refractivity contribution is -0.127. The van der Waals surface area contributed by atoms with Crippen LogP contribution >= 0.6 is 0 Å². The van der Waals surface area contributed by atoms with Crippen LogP contribution in [0.5, 0.6) is 0 Å². The van der Waals surface area contributed by atoms with Crippen molar-refractivity contribution in [3.05, 3.63) is 35.9 Å². The summed E-state index contributed by atoms with van der Waals surface area (Å²) in [6, 6.07) is 10.3. The van der Waals surface area contributed by atoms with Crippen molar-refractivity contribution in [1.82, 2.24) is 15.5 Å². The van der Waals surface area contributed by atoms with Crippen molar-refractivity contribution < 1.29 is 9.00 Å². The number of amides is 1. The van der Waals surface area contributed by atoms with E-state index < -0.39 is 10.8 Å². The van der Waals surface area contributed by atoms with Gasteiger partial charge in [-0.05, 0) is 32.8 Å². The molecule has 0 spiro atoms. The molecular weight excluding hydrogens is 372 g/mol. The van der Waals surface area contributed by atoms with Crippen molar-refractivity contribution in [2.75, 3.05) is 39.0 Å². The number of carbonyl (C=O) groups is 1. The highest BCUT2D eigenvalue weighted by Crippen LogP contribution is 2.17. The Kier molecular flexibility index (Phi) is 8.48. The second-order valence-corrected chi connectivity index (χ2v) is 10.5. The summed E-state index contributed by atoms with van der Waals surface area (Å²) in [6.45, 7) is 8.81. The van der Waals surface area contributed by atoms with Crippen molar-refractivity contribution in [2.45, 2.75) is 38.4 Å². The van der Waals surface area contributed by atoms with E-state index in [2.05, 4.69) is 27.8 Å². The molecule has 6 nitrogen and oxygen atoms in total. The van der Waals surface area contributed by atoms with Crippen molar-refractivity contribution in [3.8, 4) is 0 Å². The van der Waals surface area contributed by atoms with Gasteiger partial charge in [0.05, 0.1) is 0 Å². The topological polar surface area (TPSA) is 73.8 Å². The zero-order valence-corrected chi connectivity index (χ0v) is 18.3. The Morgan fingerprint density at radius 3 is 2.61 bits per heavy atom. The van der Waals surface area contributed by atoms with Crippen molar-refractivity contribution >= 4 is 22.7 Å². The molecule has 1 aromatic rings.